The molecule has 0 amide bonds. The summed E-state index contributed by atoms with van der Waals surface area (Å²) >= 11 is 3.60. The highest BCUT2D eigenvalue weighted by atomic mass is 79.9. The molecule has 1 unspecified atom stereocenters. The molecule has 4 heteroatoms. The van der Waals surface area contributed by atoms with Crippen LogP contribution in [0.25, 0.3) is 0 Å². The molecule has 0 spiro atoms. The van der Waals surface area contributed by atoms with Crippen molar-refractivity contribution in [2.24, 2.45) is 5.41 Å². The number of aliphatic hydroxyl groups is 1. The molecule has 2 N–H and O–H groups in total. The fraction of sp³-hybridized carbons (Fsp3) is 0.600. The van der Waals surface area contributed by atoms with Crippen LogP contribution < -0.4 is 5.32 Å². The molecule has 2 rings (SSSR count). The summed E-state index contributed by atoms with van der Waals surface area (Å²) in [6, 6.07) is 6.42. The minimum atomic E-state index is 0.117. The lowest BCUT2D eigenvalue weighted by Crippen LogP contribution is -2.35. The average molecular weight is 328 g/mol. The number of nitrogens with one attached hydrogen (secondary N) is 1. The van der Waals surface area contributed by atoms with Gasteiger partial charge in [0.2, 0.25) is 0 Å². The summed E-state index contributed by atoms with van der Waals surface area (Å²) in [4.78, 5) is 0. The molecule has 1 aromatic rings. The highest BCUT2D eigenvalue weighted by Gasteiger charge is 2.33. The maximum Gasteiger partial charge on any atom is 0.0536 e. The molecule has 0 radical (unpaired) electrons. The van der Waals surface area contributed by atoms with E-state index in [1.165, 1.54) is 11.1 Å². The first-order valence-corrected chi connectivity index (χ1v) is 7.59. The van der Waals surface area contributed by atoms with Crippen molar-refractivity contribution in [3.63, 3.8) is 0 Å². The van der Waals surface area contributed by atoms with Crippen molar-refractivity contribution in [1.82, 2.24) is 5.32 Å². The Labute approximate surface area is 123 Å². The van der Waals surface area contributed by atoms with Gasteiger partial charge in [0.05, 0.1) is 6.61 Å². The van der Waals surface area contributed by atoms with Crippen molar-refractivity contribution >= 4 is 15.9 Å². The molecular weight excluding hydrogens is 306 g/mol. The van der Waals surface area contributed by atoms with Crippen molar-refractivity contribution in [3.05, 3.63) is 33.8 Å². The molecule has 1 heterocycles. The van der Waals surface area contributed by atoms with Gasteiger partial charge in [-0.15, -0.1) is 0 Å². The maximum absolute atomic E-state index is 9.19. The molecule has 19 heavy (non-hydrogen) atoms. The number of hydrogen-bond donors (Lipinski definition) is 2. The standard InChI is InChI=1S/C15H22BrNO2/c1-12-2-3-13(14(16)8-12)9-17-10-15(4-6-18)5-7-19-11-15/h2-3,8,17-18H,4-7,9-11H2,1H3. The van der Waals surface area contributed by atoms with Gasteiger partial charge in [-0.25, -0.2) is 0 Å². The third-order valence-corrected chi connectivity index (χ3v) is 4.59. The molecule has 1 saturated heterocycles. The van der Waals surface area contributed by atoms with Gasteiger partial charge in [-0.3, -0.25) is 0 Å². The molecule has 1 aliphatic rings. The van der Waals surface area contributed by atoms with Crippen LogP contribution in [0.3, 0.4) is 0 Å². The summed E-state index contributed by atoms with van der Waals surface area (Å²) in [6.45, 7) is 5.64. The summed E-state index contributed by atoms with van der Waals surface area (Å²) in [7, 11) is 0. The van der Waals surface area contributed by atoms with E-state index in [0.717, 1.165) is 43.6 Å². The Kier molecular flexibility index (Phi) is 5.39. The van der Waals surface area contributed by atoms with Gasteiger partial charge in [0.25, 0.3) is 0 Å². The average Bonchev–Trinajstić information content (AvgIpc) is 2.81. The van der Waals surface area contributed by atoms with Crippen LogP contribution in [0.4, 0.5) is 0 Å². The Morgan fingerprint density at radius 1 is 1.47 bits per heavy atom. The van der Waals surface area contributed by atoms with Gasteiger partial charge >= 0.3 is 0 Å². The van der Waals surface area contributed by atoms with Crippen LogP contribution in [0.2, 0.25) is 0 Å². The van der Waals surface area contributed by atoms with E-state index >= 15 is 0 Å². The number of benzene rings is 1. The zero-order chi connectivity index (χ0) is 13.7. The van der Waals surface area contributed by atoms with E-state index in [1.807, 2.05) is 0 Å². The fourth-order valence-corrected chi connectivity index (χ4v) is 3.20. The van der Waals surface area contributed by atoms with E-state index in [4.69, 9.17) is 4.74 Å². The lowest BCUT2D eigenvalue weighted by atomic mass is 9.84. The summed E-state index contributed by atoms with van der Waals surface area (Å²) in [5.74, 6) is 0. The topological polar surface area (TPSA) is 41.5 Å². The molecule has 1 atom stereocenters. The van der Waals surface area contributed by atoms with Crippen LogP contribution in [0.15, 0.2) is 22.7 Å². The third-order valence-electron chi connectivity index (χ3n) is 3.85. The lowest BCUT2D eigenvalue weighted by Gasteiger charge is -2.27. The normalized spacial score (nSPS) is 22.9. The molecular formula is C15H22BrNO2. The SMILES string of the molecule is Cc1ccc(CNCC2(CCO)CCOC2)c(Br)c1. The van der Waals surface area contributed by atoms with Crippen LogP contribution in [0.1, 0.15) is 24.0 Å². The molecule has 0 bridgehead atoms. The molecule has 0 saturated carbocycles. The van der Waals surface area contributed by atoms with E-state index in [1.54, 1.807) is 0 Å². The summed E-state index contributed by atoms with van der Waals surface area (Å²) in [5.41, 5.74) is 2.64. The van der Waals surface area contributed by atoms with E-state index in [9.17, 15) is 5.11 Å². The number of aliphatic hydroxyl groups excluding tert-OH is 1. The van der Waals surface area contributed by atoms with Gasteiger partial charge in [-0.2, -0.15) is 0 Å². The highest BCUT2D eigenvalue weighted by molar-refractivity contribution is 9.10. The molecule has 0 aliphatic carbocycles. The lowest BCUT2D eigenvalue weighted by molar-refractivity contribution is 0.124. The predicted molar refractivity (Wildman–Crippen MR) is 80.2 cm³/mol. The van der Waals surface area contributed by atoms with Crippen molar-refractivity contribution in [1.29, 1.82) is 0 Å². The van der Waals surface area contributed by atoms with E-state index < -0.39 is 0 Å². The fourth-order valence-electron chi connectivity index (χ4n) is 2.57. The van der Waals surface area contributed by atoms with Crippen LogP contribution >= 0.6 is 15.9 Å². The van der Waals surface area contributed by atoms with Crippen LogP contribution in [-0.2, 0) is 11.3 Å². The largest absolute Gasteiger partial charge is 0.396 e. The van der Waals surface area contributed by atoms with Gasteiger partial charge in [-0.1, -0.05) is 28.1 Å². The molecule has 3 nitrogen and oxygen atoms in total. The predicted octanol–water partition coefficient (Wildman–Crippen LogP) is 2.64. The molecule has 1 aromatic carbocycles. The third kappa shape index (κ3) is 4.02. The van der Waals surface area contributed by atoms with E-state index in [-0.39, 0.29) is 12.0 Å². The number of aryl methyl sites for hydroxylation is 1. The molecule has 0 aromatic heterocycles. The van der Waals surface area contributed by atoms with E-state index in [0.29, 0.717) is 0 Å². The maximum atomic E-state index is 9.19. The van der Waals surface area contributed by atoms with Crippen molar-refractivity contribution < 1.29 is 9.84 Å². The minimum absolute atomic E-state index is 0.117. The van der Waals surface area contributed by atoms with Crippen molar-refractivity contribution in [2.45, 2.75) is 26.3 Å². The summed E-state index contributed by atoms with van der Waals surface area (Å²) in [5, 5.41) is 12.7. The van der Waals surface area contributed by atoms with Gasteiger partial charge in [-0.05, 0) is 37.0 Å². The zero-order valence-corrected chi connectivity index (χ0v) is 13.0. The van der Waals surface area contributed by atoms with Gasteiger partial charge in [0, 0.05) is 36.2 Å². The van der Waals surface area contributed by atoms with Crippen molar-refractivity contribution in [3.8, 4) is 0 Å². The minimum Gasteiger partial charge on any atom is -0.396 e. The second kappa shape index (κ2) is 6.84. The second-order valence-electron chi connectivity index (χ2n) is 5.47. The van der Waals surface area contributed by atoms with Gasteiger partial charge in [0.15, 0.2) is 0 Å². The Morgan fingerprint density at radius 2 is 2.32 bits per heavy atom. The smallest absolute Gasteiger partial charge is 0.0536 e. The first kappa shape index (κ1) is 15.0. The van der Waals surface area contributed by atoms with Crippen LogP contribution in [-0.4, -0.2) is 31.5 Å². The Balaban J connectivity index is 1.88. The number of ether oxygens (including phenoxy) is 1. The van der Waals surface area contributed by atoms with Crippen LogP contribution in [0.5, 0.6) is 0 Å². The number of rotatable bonds is 6. The number of halogens is 1. The van der Waals surface area contributed by atoms with Crippen LogP contribution in [0, 0.1) is 12.3 Å². The van der Waals surface area contributed by atoms with Gasteiger partial charge < -0.3 is 15.2 Å². The van der Waals surface area contributed by atoms with Gasteiger partial charge in [0.1, 0.15) is 0 Å². The monoisotopic (exact) mass is 327 g/mol. The highest BCUT2D eigenvalue weighted by Crippen LogP contribution is 2.31. The zero-order valence-electron chi connectivity index (χ0n) is 11.4. The summed E-state index contributed by atoms with van der Waals surface area (Å²) < 4.78 is 6.65. The Morgan fingerprint density at radius 3 is 2.95 bits per heavy atom. The number of hydrogen-bond acceptors (Lipinski definition) is 3. The second-order valence-corrected chi connectivity index (χ2v) is 6.33. The first-order valence-electron chi connectivity index (χ1n) is 6.80. The Bertz CT molecular complexity index is 417. The summed E-state index contributed by atoms with van der Waals surface area (Å²) in [6.07, 6.45) is 1.85. The molecule has 1 fully saturated rings. The quantitative estimate of drug-likeness (QED) is 0.844. The Hall–Kier alpha value is -0.420. The van der Waals surface area contributed by atoms with Crippen molar-refractivity contribution in [2.75, 3.05) is 26.4 Å². The first-order chi connectivity index (χ1) is 9.15. The molecule has 1 aliphatic heterocycles. The molecule has 106 valence electrons. The van der Waals surface area contributed by atoms with E-state index in [2.05, 4.69) is 46.4 Å².